The van der Waals surface area contributed by atoms with Gasteiger partial charge >= 0.3 is 0 Å². The summed E-state index contributed by atoms with van der Waals surface area (Å²) in [4.78, 5) is 27.9. The molecule has 0 atom stereocenters. The minimum atomic E-state index is -0.0859. The number of benzene rings is 1. The number of carbonyl (C=O) groups excluding carboxylic acids is 2. The summed E-state index contributed by atoms with van der Waals surface area (Å²) >= 11 is 1.56. The van der Waals surface area contributed by atoms with Crippen LogP contribution in [0.4, 0.5) is 5.69 Å². The first-order chi connectivity index (χ1) is 11.1. The fourth-order valence-corrected chi connectivity index (χ4v) is 3.56. The van der Waals surface area contributed by atoms with Crippen LogP contribution < -0.4 is 5.32 Å². The summed E-state index contributed by atoms with van der Waals surface area (Å²) in [5.41, 5.74) is 2.15. The van der Waals surface area contributed by atoms with E-state index in [9.17, 15) is 9.59 Å². The number of hydrogen-bond acceptors (Lipinski definition) is 3. The molecule has 0 spiro atoms. The van der Waals surface area contributed by atoms with Crippen LogP contribution in [0.5, 0.6) is 0 Å². The van der Waals surface area contributed by atoms with Crippen LogP contribution in [0.1, 0.15) is 33.6 Å². The predicted octanol–water partition coefficient (Wildman–Crippen LogP) is 3.47. The minimum absolute atomic E-state index is 0.0117. The molecule has 1 aliphatic heterocycles. The summed E-state index contributed by atoms with van der Waals surface area (Å²) in [5.74, 6) is -0.0742. The first kappa shape index (κ1) is 15.7. The molecule has 0 radical (unpaired) electrons. The monoisotopic (exact) mass is 328 g/mol. The quantitative estimate of drug-likeness (QED) is 0.934. The summed E-state index contributed by atoms with van der Waals surface area (Å²) < 4.78 is 0. The number of thiophene rings is 1. The van der Waals surface area contributed by atoms with Gasteiger partial charge in [0.25, 0.3) is 5.91 Å². The zero-order valence-electron chi connectivity index (χ0n) is 13.2. The summed E-state index contributed by atoms with van der Waals surface area (Å²) in [6.07, 6.45) is 2.44. The molecule has 5 heteroatoms. The van der Waals surface area contributed by atoms with E-state index in [1.165, 1.54) is 0 Å². The molecule has 120 valence electrons. The van der Waals surface area contributed by atoms with Crippen LogP contribution in [0.3, 0.4) is 0 Å². The average Bonchev–Trinajstić information content (AvgIpc) is 3.21. The Morgan fingerprint density at radius 1 is 1.17 bits per heavy atom. The van der Waals surface area contributed by atoms with Crippen LogP contribution in [-0.4, -0.2) is 29.8 Å². The predicted molar refractivity (Wildman–Crippen MR) is 93.0 cm³/mol. The Morgan fingerprint density at radius 3 is 2.65 bits per heavy atom. The number of likely N-dealkylation sites (tertiary alicyclic amines) is 1. The molecule has 0 aliphatic carbocycles. The van der Waals surface area contributed by atoms with Crippen LogP contribution in [0.25, 0.3) is 0 Å². The number of para-hydroxylation sites is 1. The minimum Gasteiger partial charge on any atom is -0.339 e. The smallest absolute Gasteiger partial charge is 0.255 e. The number of rotatable bonds is 4. The number of hydrogen-bond donors (Lipinski definition) is 1. The highest BCUT2D eigenvalue weighted by Gasteiger charge is 2.23. The summed E-state index contributed by atoms with van der Waals surface area (Å²) in [6.45, 7) is 3.52. The maximum absolute atomic E-state index is 12.7. The molecule has 0 unspecified atom stereocenters. The molecule has 1 aromatic carbocycles. The van der Waals surface area contributed by atoms with Gasteiger partial charge in [0.05, 0.1) is 17.7 Å². The highest BCUT2D eigenvalue weighted by Crippen LogP contribution is 2.24. The Labute approximate surface area is 140 Å². The maximum atomic E-state index is 12.7. The molecule has 2 aromatic rings. The second-order valence-electron chi connectivity index (χ2n) is 5.80. The van der Waals surface area contributed by atoms with Gasteiger partial charge in [0.1, 0.15) is 0 Å². The van der Waals surface area contributed by atoms with Gasteiger partial charge in [-0.15, -0.1) is 11.3 Å². The van der Waals surface area contributed by atoms with E-state index < -0.39 is 0 Å². The van der Waals surface area contributed by atoms with E-state index in [-0.39, 0.29) is 11.8 Å². The number of anilines is 1. The third kappa shape index (κ3) is 3.62. The van der Waals surface area contributed by atoms with E-state index in [2.05, 4.69) is 5.32 Å². The molecule has 0 bridgehead atoms. The Hall–Kier alpha value is -2.14. The second-order valence-corrected chi connectivity index (χ2v) is 6.83. The third-order valence-corrected chi connectivity index (χ3v) is 4.95. The lowest BCUT2D eigenvalue weighted by molar-refractivity contribution is -0.115. The van der Waals surface area contributed by atoms with Crippen LogP contribution in [0.2, 0.25) is 0 Å². The fourth-order valence-electron chi connectivity index (χ4n) is 2.86. The molecular weight excluding hydrogens is 308 g/mol. The third-order valence-electron chi connectivity index (χ3n) is 4.08. The lowest BCUT2D eigenvalue weighted by atomic mass is 10.1. The molecule has 0 saturated carbocycles. The Balaban J connectivity index is 1.80. The largest absolute Gasteiger partial charge is 0.339 e. The standard InChI is InChI=1S/C18H20N2O2S/c1-13-6-4-8-15(18(22)20-9-2-3-10-20)17(13)19-16(21)12-14-7-5-11-23-14/h4-8,11H,2-3,9-10,12H2,1H3,(H,19,21). The van der Waals surface area contributed by atoms with Crippen molar-refractivity contribution in [1.82, 2.24) is 4.90 Å². The van der Waals surface area contributed by atoms with Gasteiger partial charge in [0.15, 0.2) is 0 Å². The van der Waals surface area contributed by atoms with E-state index in [1.807, 2.05) is 41.5 Å². The molecule has 3 rings (SSSR count). The fraction of sp³-hybridized carbons (Fsp3) is 0.333. The van der Waals surface area contributed by atoms with Crippen molar-refractivity contribution in [2.75, 3.05) is 18.4 Å². The molecule has 1 saturated heterocycles. The first-order valence-corrected chi connectivity index (χ1v) is 8.74. The number of aryl methyl sites for hydroxylation is 1. The number of nitrogens with one attached hydrogen (secondary N) is 1. The highest BCUT2D eigenvalue weighted by molar-refractivity contribution is 7.10. The van der Waals surface area contributed by atoms with Gasteiger partial charge in [0, 0.05) is 18.0 Å². The van der Waals surface area contributed by atoms with Gasteiger partial charge in [0.2, 0.25) is 5.91 Å². The van der Waals surface area contributed by atoms with Crippen molar-refractivity contribution in [2.24, 2.45) is 0 Å². The molecule has 2 amide bonds. The van der Waals surface area contributed by atoms with E-state index in [4.69, 9.17) is 0 Å². The van der Waals surface area contributed by atoms with Crippen molar-refractivity contribution in [1.29, 1.82) is 0 Å². The summed E-state index contributed by atoms with van der Waals surface area (Å²) in [5, 5.41) is 4.90. The van der Waals surface area contributed by atoms with Gasteiger partial charge in [-0.25, -0.2) is 0 Å². The maximum Gasteiger partial charge on any atom is 0.255 e. The van der Waals surface area contributed by atoms with Crippen molar-refractivity contribution >= 4 is 28.8 Å². The summed E-state index contributed by atoms with van der Waals surface area (Å²) in [7, 11) is 0. The molecule has 23 heavy (non-hydrogen) atoms. The van der Waals surface area contributed by atoms with Gasteiger partial charge in [-0.3, -0.25) is 9.59 Å². The van der Waals surface area contributed by atoms with Crippen LogP contribution in [0, 0.1) is 6.92 Å². The van der Waals surface area contributed by atoms with E-state index in [0.717, 1.165) is 36.4 Å². The molecule has 1 fully saturated rings. The lowest BCUT2D eigenvalue weighted by Crippen LogP contribution is -2.29. The first-order valence-electron chi connectivity index (χ1n) is 7.86. The topological polar surface area (TPSA) is 49.4 Å². The van der Waals surface area contributed by atoms with Crippen molar-refractivity contribution < 1.29 is 9.59 Å². The molecule has 1 N–H and O–H groups in total. The average molecular weight is 328 g/mol. The lowest BCUT2D eigenvalue weighted by Gasteiger charge is -2.19. The van der Waals surface area contributed by atoms with Gasteiger partial charge in [-0.2, -0.15) is 0 Å². The molecule has 2 heterocycles. The Bertz CT molecular complexity index is 704. The second kappa shape index (κ2) is 6.96. The van der Waals surface area contributed by atoms with Crippen LogP contribution >= 0.6 is 11.3 Å². The Morgan fingerprint density at radius 2 is 1.96 bits per heavy atom. The van der Waals surface area contributed by atoms with Crippen molar-refractivity contribution in [3.63, 3.8) is 0 Å². The van der Waals surface area contributed by atoms with Gasteiger partial charge in [-0.05, 0) is 42.8 Å². The number of amides is 2. The molecule has 1 aliphatic rings. The molecular formula is C18H20N2O2S. The van der Waals surface area contributed by atoms with Gasteiger partial charge < -0.3 is 10.2 Å². The van der Waals surface area contributed by atoms with E-state index in [0.29, 0.717) is 17.7 Å². The Kier molecular flexibility index (Phi) is 4.76. The van der Waals surface area contributed by atoms with Crippen molar-refractivity contribution in [3.8, 4) is 0 Å². The van der Waals surface area contributed by atoms with Gasteiger partial charge in [-0.1, -0.05) is 18.2 Å². The SMILES string of the molecule is Cc1cccc(C(=O)N2CCCC2)c1NC(=O)Cc1cccs1. The molecule has 1 aromatic heterocycles. The normalized spacial score (nSPS) is 14.0. The van der Waals surface area contributed by atoms with Crippen molar-refractivity contribution in [3.05, 3.63) is 51.7 Å². The van der Waals surface area contributed by atoms with Crippen LogP contribution in [-0.2, 0) is 11.2 Å². The zero-order valence-corrected chi connectivity index (χ0v) is 14.0. The van der Waals surface area contributed by atoms with Crippen molar-refractivity contribution in [2.45, 2.75) is 26.2 Å². The van der Waals surface area contributed by atoms with E-state index in [1.54, 1.807) is 17.4 Å². The number of carbonyl (C=O) groups is 2. The number of nitrogens with zero attached hydrogens (tertiary/aromatic N) is 1. The molecule has 4 nitrogen and oxygen atoms in total. The zero-order chi connectivity index (χ0) is 16.2. The highest BCUT2D eigenvalue weighted by atomic mass is 32.1. The van der Waals surface area contributed by atoms with E-state index >= 15 is 0 Å². The van der Waals surface area contributed by atoms with Crippen LogP contribution in [0.15, 0.2) is 35.7 Å². The summed E-state index contributed by atoms with van der Waals surface area (Å²) in [6, 6.07) is 9.46.